The van der Waals surface area contributed by atoms with Gasteiger partial charge in [0.05, 0.1) is 29.8 Å². The van der Waals surface area contributed by atoms with Crippen LogP contribution in [0.25, 0.3) is 22.0 Å². The maximum Gasteiger partial charge on any atom is 0.350 e. The van der Waals surface area contributed by atoms with Crippen LogP contribution in [0.5, 0.6) is 0 Å². The number of carbonyl (C=O) groups is 1. The third-order valence-corrected chi connectivity index (χ3v) is 8.96. The molecule has 11 heteroatoms. The second-order valence-corrected chi connectivity index (χ2v) is 11.7. The average Bonchev–Trinajstić information content (AvgIpc) is 3.11. The third-order valence-electron chi connectivity index (χ3n) is 7.44. The van der Waals surface area contributed by atoms with Crippen molar-refractivity contribution in [1.82, 2.24) is 19.8 Å². The molecule has 3 atom stereocenters. The highest BCUT2D eigenvalue weighted by Gasteiger charge is 2.35. The zero-order valence-electron chi connectivity index (χ0n) is 22.8. The number of nitrogens with one attached hydrogen (secondary N) is 1. The van der Waals surface area contributed by atoms with Gasteiger partial charge in [0.2, 0.25) is 5.91 Å². The Bertz CT molecular complexity index is 1490. The quantitative estimate of drug-likeness (QED) is 0.329. The van der Waals surface area contributed by atoms with E-state index in [1.165, 1.54) is 18.2 Å². The van der Waals surface area contributed by atoms with E-state index in [2.05, 4.69) is 21.8 Å². The smallest absolute Gasteiger partial charge is 0.350 e. The van der Waals surface area contributed by atoms with Crippen LogP contribution in [0.15, 0.2) is 52.7 Å². The first-order chi connectivity index (χ1) is 19.2. The number of piperazine rings is 1. The van der Waals surface area contributed by atoms with E-state index in [4.69, 9.17) is 16.3 Å². The summed E-state index contributed by atoms with van der Waals surface area (Å²) in [5, 5.41) is 4.33. The first-order valence-electron chi connectivity index (χ1n) is 13.3. The van der Waals surface area contributed by atoms with Gasteiger partial charge in [0.15, 0.2) is 0 Å². The molecular formula is C29H33ClFN5O3S. The number of carbonyl (C=O) groups excluding carboxylic acids is 1. The molecule has 1 fully saturated rings. The second-order valence-electron chi connectivity index (χ2n) is 10.3. The fraction of sp³-hybridized carbons (Fsp3) is 0.414. The molecule has 1 saturated heterocycles. The lowest BCUT2D eigenvalue weighted by molar-refractivity contribution is -0.130. The Balaban J connectivity index is 1.67. The van der Waals surface area contributed by atoms with Gasteiger partial charge in [-0.1, -0.05) is 30.3 Å². The fourth-order valence-corrected chi connectivity index (χ4v) is 7.35. The molecule has 0 radical (unpaired) electrons. The van der Waals surface area contributed by atoms with Crippen LogP contribution in [0.2, 0.25) is 5.02 Å². The maximum absolute atomic E-state index is 13.8. The highest BCUT2D eigenvalue weighted by atomic mass is 35.5. The monoisotopic (exact) mass is 585 g/mol. The first kappa shape index (κ1) is 28.6. The minimum Gasteiger partial charge on any atom is -0.374 e. The van der Waals surface area contributed by atoms with Crippen LogP contribution in [-0.2, 0) is 16.1 Å². The van der Waals surface area contributed by atoms with Crippen molar-refractivity contribution in [3.05, 3.63) is 64.3 Å². The van der Waals surface area contributed by atoms with Crippen LogP contribution in [0.1, 0.15) is 13.8 Å². The van der Waals surface area contributed by atoms with E-state index in [1.54, 1.807) is 28.5 Å². The van der Waals surface area contributed by atoms with Gasteiger partial charge in [-0.05, 0) is 50.7 Å². The van der Waals surface area contributed by atoms with Gasteiger partial charge in [-0.3, -0.25) is 9.36 Å². The summed E-state index contributed by atoms with van der Waals surface area (Å²) >= 11 is 8.56. The van der Waals surface area contributed by atoms with E-state index < -0.39 is 0 Å². The molecule has 40 heavy (non-hydrogen) atoms. The van der Waals surface area contributed by atoms with Gasteiger partial charge < -0.3 is 19.9 Å². The van der Waals surface area contributed by atoms with Crippen molar-refractivity contribution in [2.75, 3.05) is 43.9 Å². The Morgan fingerprint density at radius 1 is 1.25 bits per heavy atom. The lowest BCUT2D eigenvalue weighted by Gasteiger charge is -2.44. The molecule has 1 aromatic heterocycles. The summed E-state index contributed by atoms with van der Waals surface area (Å²) in [6.45, 7) is 10.2. The molecule has 5 rings (SSSR count). The summed E-state index contributed by atoms with van der Waals surface area (Å²) in [5.41, 5.74) is 1.89. The SMILES string of the molecule is C=CC(=O)N1C(C)CN(c2nc(=O)n3c4c(c(-c5ccc(F)cc5)c(Cl)cc24)SCC(OCCNC)C3)CC1C. The van der Waals surface area contributed by atoms with Crippen LogP contribution in [-0.4, -0.2) is 77.6 Å². The van der Waals surface area contributed by atoms with E-state index >= 15 is 0 Å². The lowest BCUT2D eigenvalue weighted by Crippen LogP contribution is -2.58. The van der Waals surface area contributed by atoms with Crippen LogP contribution in [0, 0.1) is 5.82 Å². The molecular weight excluding hydrogens is 553 g/mol. The van der Waals surface area contributed by atoms with E-state index in [9.17, 15) is 14.0 Å². The Labute approximate surface area is 242 Å². The number of rotatable bonds is 7. The number of aromatic nitrogens is 2. The van der Waals surface area contributed by atoms with Gasteiger partial charge in [-0.15, -0.1) is 11.8 Å². The van der Waals surface area contributed by atoms with Crippen molar-refractivity contribution >= 4 is 46.0 Å². The summed E-state index contributed by atoms with van der Waals surface area (Å²) in [4.78, 5) is 35.5. The standard InChI is InChI=1S/C29H33ClFN5O3S/c1-5-24(37)36-17(2)13-34(14-18(36)3)28-22-12-23(30)25(19-6-8-20(31)9-7-19)27-26(22)35(29(38)33-28)15-21(16-40-27)39-11-10-32-4/h5-9,12,17-18,21,32H,1,10-11,13-16H2,2-4H3. The number of likely N-dealkylation sites (N-methyl/N-ethyl adjacent to an activating group) is 1. The van der Waals surface area contributed by atoms with Crippen LogP contribution < -0.4 is 15.9 Å². The summed E-state index contributed by atoms with van der Waals surface area (Å²) < 4.78 is 21.6. The Morgan fingerprint density at radius 3 is 2.60 bits per heavy atom. The number of ether oxygens (including phenoxy) is 1. The van der Waals surface area contributed by atoms with Crippen molar-refractivity contribution in [1.29, 1.82) is 0 Å². The number of thioether (sulfide) groups is 1. The number of benzene rings is 2. The van der Waals surface area contributed by atoms with E-state index in [0.717, 1.165) is 26.9 Å². The number of hydrogen-bond acceptors (Lipinski definition) is 7. The highest BCUT2D eigenvalue weighted by Crippen LogP contribution is 2.45. The van der Waals surface area contributed by atoms with Crippen molar-refractivity contribution in [3.63, 3.8) is 0 Å². The van der Waals surface area contributed by atoms with Crippen molar-refractivity contribution < 1.29 is 13.9 Å². The minimum absolute atomic E-state index is 0.114. The second kappa shape index (κ2) is 11.9. The summed E-state index contributed by atoms with van der Waals surface area (Å²) in [7, 11) is 1.86. The van der Waals surface area contributed by atoms with Crippen LogP contribution in [0.3, 0.4) is 0 Å². The van der Waals surface area contributed by atoms with Gasteiger partial charge in [-0.25, -0.2) is 9.18 Å². The Hall–Kier alpha value is -2.92. The van der Waals surface area contributed by atoms with Gasteiger partial charge in [-0.2, -0.15) is 4.98 Å². The third kappa shape index (κ3) is 5.37. The molecule has 0 aliphatic carbocycles. The topological polar surface area (TPSA) is 79.7 Å². The normalized spacial score (nSPS) is 21.0. The molecule has 3 aromatic rings. The van der Waals surface area contributed by atoms with E-state index in [0.29, 0.717) is 49.4 Å². The first-order valence-corrected chi connectivity index (χ1v) is 14.7. The molecule has 3 heterocycles. The number of hydrogen-bond donors (Lipinski definition) is 1. The van der Waals surface area contributed by atoms with Crippen LogP contribution in [0.4, 0.5) is 10.2 Å². The molecule has 1 N–H and O–H groups in total. The minimum atomic E-state index is -0.370. The van der Waals surface area contributed by atoms with E-state index in [1.807, 2.05) is 31.9 Å². The Morgan fingerprint density at radius 2 is 1.95 bits per heavy atom. The molecule has 0 bridgehead atoms. The van der Waals surface area contributed by atoms with E-state index in [-0.39, 0.29) is 35.6 Å². The van der Waals surface area contributed by atoms with Gasteiger partial charge in [0, 0.05) is 53.3 Å². The molecule has 2 aliphatic heterocycles. The number of anilines is 1. The number of halogens is 2. The highest BCUT2D eigenvalue weighted by molar-refractivity contribution is 7.99. The number of nitrogens with zero attached hydrogens (tertiary/aromatic N) is 4. The van der Waals surface area contributed by atoms with Gasteiger partial charge in [0.1, 0.15) is 11.6 Å². The van der Waals surface area contributed by atoms with Crippen molar-refractivity contribution in [3.8, 4) is 11.1 Å². The molecule has 1 amide bonds. The van der Waals surface area contributed by atoms with Crippen LogP contribution >= 0.6 is 23.4 Å². The average molecular weight is 586 g/mol. The van der Waals surface area contributed by atoms with Gasteiger partial charge in [0.25, 0.3) is 0 Å². The maximum atomic E-state index is 13.8. The lowest BCUT2D eigenvalue weighted by atomic mass is 10.0. The fourth-order valence-electron chi connectivity index (χ4n) is 5.69. The molecule has 2 aromatic carbocycles. The largest absolute Gasteiger partial charge is 0.374 e. The summed E-state index contributed by atoms with van der Waals surface area (Å²) in [6, 6.07) is 7.85. The zero-order chi connectivity index (χ0) is 28.6. The van der Waals surface area contributed by atoms with Gasteiger partial charge >= 0.3 is 5.69 Å². The molecule has 0 spiro atoms. The predicted molar refractivity (Wildman–Crippen MR) is 159 cm³/mol. The van der Waals surface area contributed by atoms with Crippen molar-refractivity contribution in [2.24, 2.45) is 0 Å². The predicted octanol–water partition coefficient (Wildman–Crippen LogP) is 4.18. The molecule has 8 nitrogen and oxygen atoms in total. The summed E-state index contributed by atoms with van der Waals surface area (Å²) in [6.07, 6.45) is 1.12. The molecule has 2 aliphatic rings. The molecule has 3 unspecified atom stereocenters. The Kier molecular flexibility index (Phi) is 8.51. The zero-order valence-corrected chi connectivity index (χ0v) is 24.4. The summed E-state index contributed by atoms with van der Waals surface area (Å²) in [5.74, 6) is 0.705. The molecule has 0 saturated carbocycles. The number of amides is 1. The molecule has 212 valence electrons. The van der Waals surface area contributed by atoms with Crippen molar-refractivity contribution in [2.45, 2.75) is 43.5 Å².